The van der Waals surface area contributed by atoms with E-state index in [0.717, 1.165) is 5.56 Å². The Labute approximate surface area is 152 Å². The average molecular weight is 368 g/mol. The van der Waals surface area contributed by atoms with Gasteiger partial charge in [0.05, 0.1) is 25.9 Å². The Morgan fingerprint density at radius 1 is 1.20 bits per heavy atom. The van der Waals surface area contributed by atoms with Crippen molar-refractivity contribution in [1.82, 2.24) is 10.2 Å². The lowest BCUT2D eigenvalue weighted by Crippen LogP contribution is -2.43. The lowest BCUT2D eigenvalue weighted by atomic mass is 10.2. The topological polar surface area (TPSA) is 109 Å². The third-order valence-corrected chi connectivity index (χ3v) is 3.46. The Bertz CT molecular complexity index is 649. The first kappa shape index (κ1) is 20.7. The maximum absolute atomic E-state index is 12.4. The summed E-state index contributed by atoms with van der Waals surface area (Å²) < 4.78 is 5.17. The predicted octanol–water partition coefficient (Wildman–Crippen LogP) is 0.839. The van der Waals surface area contributed by atoms with Gasteiger partial charge in [0, 0.05) is 6.54 Å². The smallest absolute Gasteiger partial charge is 0.242 e. The SMILES string of the molecule is Cl.NCC(=O)NCC(=O)N(Cc1ccccc1)CC(O)c1ccco1. The van der Waals surface area contributed by atoms with E-state index in [1.165, 1.54) is 11.2 Å². The van der Waals surface area contributed by atoms with Crippen LogP contribution >= 0.6 is 12.4 Å². The van der Waals surface area contributed by atoms with E-state index in [1.54, 1.807) is 12.1 Å². The molecular formula is C17H22ClN3O4. The number of amides is 2. The molecule has 7 nitrogen and oxygen atoms in total. The van der Waals surface area contributed by atoms with Crippen LogP contribution in [0.3, 0.4) is 0 Å². The molecule has 8 heteroatoms. The molecule has 1 atom stereocenters. The van der Waals surface area contributed by atoms with Crippen LogP contribution in [0, 0.1) is 0 Å². The van der Waals surface area contributed by atoms with Gasteiger partial charge in [0.2, 0.25) is 11.8 Å². The average Bonchev–Trinajstić information content (AvgIpc) is 3.14. The highest BCUT2D eigenvalue weighted by atomic mass is 35.5. The van der Waals surface area contributed by atoms with Crippen LogP contribution in [-0.4, -0.2) is 41.5 Å². The zero-order chi connectivity index (χ0) is 17.4. The summed E-state index contributed by atoms with van der Waals surface area (Å²) in [7, 11) is 0. The van der Waals surface area contributed by atoms with Crippen molar-refractivity contribution in [2.24, 2.45) is 5.73 Å². The minimum Gasteiger partial charge on any atom is -0.467 e. The van der Waals surface area contributed by atoms with Gasteiger partial charge in [0.1, 0.15) is 11.9 Å². The molecule has 2 amide bonds. The summed E-state index contributed by atoms with van der Waals surface area (Å²) in [5.41, 5.74) is 6.13. The molecule has 2 rings (SSSR count). The van der Waals surface area contributed by atoms with Crippen molar-refractivity contribution in [3.05, 3.63) is 60.1 Å². The van der Waals surface area contributed by atoms with E-state index >= 15 is 0 Å². The highest BCUT2D eigenvalue weighted by molar-refractivity contribution is 5.85. The molecule has 0 aliphatic carbocycles. The number of nitrogens with one attached hydrogen (secondary N) is 1. The molecule has 0 saturated carbocycles. The molecule has 2 aromatic rings. The normalized spacial score (nSPS) is 11.3. The van der Waals surface area contributed by atoms with Gasteiger partial charge in [0.15, 0.2) is 0 Å². The van der Waals surface area contributed by atoms with Crippen molar-refractivity contribution >= 4 is 24.2 Å². The van der Waals surface area contributed by atoms with E-state index in [0.29, 0.717) is 12.3 Å². The number of aliphatic hydroxyl groups is 1. The predicted molar refractivity (Wildman–Crippen MR) is 94.8 cm³/mol. The maximum atomic E-state index is 12.4. The molecule has 4 N–H and O–H groups in total. The van der Waals surface area contributed by atoms with Crippen molar-refractivity contribution in [2.75, 3.05) is 19.6 Å². The second kappa shape index (κ2) is 10.5. The summed E-state index contributed by atoms with van der Waals surface area (Å²) in [6.07, 6.45) is 0.515. The number of aliphatic hydroxyl groups excluding tert-OH is 1. The zero-order valence-electron chi connectivity index (χ0n) is 13.6. The van der Waals surface area contributed by atoms with E-state index in [4.69, 9.17) is 10.2 Å². The van der Waals surface area contributed by atoms with Gasteiger partial charge < -0.3 is 25.5 Å². The lowest BCUT2D eigenvalue weighted by Gasteiger charge is -2.25. The fourth-order valence-corrected chi connectivity index (χ4v) is 2.20. The Balaban J connectivity index is 0.00000312. The number of hydrogen-bond donors (Lipinski definition) is 3. The second-order valence-electron chi connectivity index (χ2n) is 5.27. The van der Waals surface area contributed by atoms with Gasteiger partial charge in [0.25, 0.3) is 0 Å². The number of rotatable bonds is 8. The number of nitrogens with zero attached hydrogens (tertiary/aromatic N) is 1. The molecule has 0 aliphatic rings. The number of halogens is 1. The fourth-order valence-electron chi connectivity index (χ4n) is 2.20. The van der Waals surface area contributed by atoms with Crippen LogP contribution in [-0.2, 0) is 16.1 Å². The monoisotopic (exact) mass is 367 g/mol. The van der Waals surface area contributed by atoms with Crippen LogP contribution in [0.15, 0.2) is 53.1 Å². The van der Waals surface area contributed by atoms with E-state index in [9.17, 15) is 14.7 Å². The second-order valence-corrected chi connectivity index (χ2v) is 5.27. The molecule has 0 radical (unpaired) electrons. The minimum absolute atomic E-state index is 0. The number of carbonyl (C=O) groups is 2. The molecule has 136 valence electrons. The fraction of sp³-hybridized carbons (Fsp3) is 0.294. The van der Waals surface area contributed by atoms with Gasteiger partial charge >= 0.3 is 0 Å². The van der Waals surface area contributed by atoms with Crippen LogP contribution in [0.2, 0.25) is 0 Å². The van der Waals surface area contributed by atoms with Gasteiger partial charge in [-0.2, -0.15) is 0 Å². The van der Waals surface area contributed by atoms with Crippen molar-refractivity contribution in [2.45, 2.75) is 12.6 Å². The Morgan fingerprint density at radius 2 is 1.92 bits per heavy atom. The summed E-state index contributed by atoms with van der Waals surface area (Å²) in [6, 6.07) is 12.7. The largest absolute Gasteiger partial charge is 0.467 e. The Kier molecular flexibility index (Phi) is 8.69. The molecule has 0 saturated heterocycles. The molecule has 0 spiro atoms. The molecule has 1 heterocycles. The Morgan fingerprint density at radius 3 is 2.52 bits per heavy atom. The van der Waals surface area contributed by atoms with Gasteiger partial charge in [-0.25, -0.2) is 0 Å². The van der Waals surface area contributed by atoms with E-state index in [-0.39, 0.29) is 37.9 Å². The standard InChI is InChI=1S/C17H21N3O4.ClH/c18-9-16(22)19-10-17(23)20(11-13-5-2-1-3-6-13)12-14(21)15-7-4-8-24-15;/h1-8,14,21H,9-12,18H2,(H,19,22);1H. The number of hydrogen-bond acceptors (Lipinski definition) is 5. The van der Waals surface area contributed by atoms with E-state index in [1.807, 2.05) is 30.3 Å². The van der Waals surface area contributed by atoms with E-state index < -0.39 is 12.0 Å². The summed E-state index contributed by atoms with van der Waals surface area (Å²) >= 11 is 0. The first-order valence-electron chi connectivity index (χ1n) is 7.60. The minimum atomic E-state index is -0.946. The summed E-state index contributed by atoms with van der Waals surface area (Å²) in [5.74, 6) is -0.340. The molecule has 1 unspecified atom stereocenters. The van der Waals surface area contributed by atoms with Gasteiger partial charge in [-0.15, -0.1) is 12.4 Å². The number of nitrogens with two attached hydrogens (primary N) is 1. The lowest BCUT2D eigenvalue weighted by molar-refractivity contribution is -0.134. The van der Waals surface area contributed by atoms with Crippen LogP contribution in [0.25, 0.3) is 0 Å². The van der Waals surface area contributed by atoms with Crippen LogP contribution in [0.4, 0.5) is 0 Å². The zero-order valence-corrected chi connectivity index (χ0v) is 14.4. The third kappa shape index (κ3) is 6.58. The highest BCUT2D eigenvalue weighted by Gasteiger charge is 2.20. The third-order valence-electron chi connectivity index (χ3n) is 3.46. The number of carbonyl (C=O) groups excluding carboxylic acids is 2. The van der Waals surface area contributed by atoms with Gasteiger partial charge in [-0.05, 0) is 17.7 Å². The Hall–Kier alpha value is -2.35. The summed E-state index contributed by atoms with van der Waals surface area (Å²) in [4.78, 5) is 25.1. The molecule has 0 bridgehead atoms. The van der Waals surface area contributed by atoms with Crippen LogP contribution < -0.4 is 11.1 Å². The summed E-state index contributed by atoms with van der Waals surface area (Å²) in [5, 5.41) is 12.7. The molecule has 1 aromatic carbocycles. The maximum Gasteiger partial charge on any atom is 0.242 e. The first-order chi connectivity index (χ1) is 11.6. The van der Waals surface area contributed by atoms with Crippen molar-refractivity contribution in [1.29, 1.82) is 0 Å². The van der Waals surface area contributed by atoms with Crippen LogP contribution in [0.1, 0.15) is 17.4 Å². The van der Waals surface area contributed by atoms with Gasteiger partial charge in [-0.3, -0.25) is 9.59 Å². The molecule has 25 heavy (non-hydrogen) atoms. The quantitative estimate of drug-likeness (QED) is 0.640. The van der Waals surface area contributed by atoms with Crippen molar-refractivity contribution in [3.8, 4) is 0 Å². The molecule has 1 aromatic heterocycles. The summed E-state index contributed by atoms with van der Waals surface area (Å²) in [6.45, 7) is 0.0183. The number of furan rings is 1. The van der Waals surface area contributed by atoms with Crippen molar-refractivity contribution in [3.63, 3.8) is 0 Å². The molecule has 0 fully saturated rings. The molecule has 0 aliphatic heterocycles. The van der Waals surface area contributed by atoms with Crippen molar-refractivity contribution < 1.29 is 19.1 Å². The first-order valence-corrected chi connectivity index (χ1v) is 7.60. The van der Waals surface area contributed by atoms with Gasteiger partial charge in [-0.1, -0.05) is 30.3 Å². The molecular weight excluding hydrogens is 346 g/mol. The van der Waals surface area contributed by atoms with Crippen LogP contribution in [0.5, 0.6) is 0 Å². The highest BCUT2D eigenvalue weighted by Crippen LogP contribution is 2.16. The van der Waals surface area contributed by atoms with E-state index in [2.05, 4.69) is 5.32 Å². The number of benzene rings is 1.